The van der Waals surface area contributed by atoms with Crippen molar-refractivity contribution in [2.45, 2.75) is 32.7 Å². The molecule has 1 heterocycles. The third kappa shape index (κ3) is 3.55. The summed E-state index contributed by atoms with van der Waals surface area (Å²) in [5, 5.41) is 11.5. The molecular formula is C12H16N2O3. The number of nitrogens with zero attached hydrogens (tertiary/aromatic N) is 1. The Kier molecular flexibility index (Phi) is 4.63. The molecule has 1 amide bonds. The molecule has 0 bridgehead atoms. The Morgan fingerprint density at radius 3 is 2.41 bits per heavy atom. The molecule has 0 saturated carbocycles. The van der Waals surface area contributed by atoms with E-state index in [1.165, 1.54) is 18.3 Å². The van der Waals surface area contributed by atoms with Crippen LogP contribution in [0.3, 0.4) is 0 Å². The Morgan fingerprint density at radius 2 is 2.00 bits per heavy atom. The number of carbonyl (C=O) groups excluding carboxylic acids is 1. The second-order valence-electron chi connectivity index (χ2n) is 3.72. The van der Waals surface area contributed by atoms with Crippen LogP contribution in [0.5, 0.6) is 0 Å². The average Bonchev–Trinajstić information content (AvgIpc) is 2.35. The molecule has 5 heteroatoms. The number of aromatic carboxylic acids is 1. The fraction of sp³-hybridized carbons (Fsp3) is 0.417. The second-order valence-corrected chi connectivity index (χ2v) is 3.72. The van der Waals surface area contributed by atoms with E-state index in [-0.39, 0.29) is 23.2 Å². The van der Waals surface area contributed by atoms with Crippen LogP contribution in [0, 0.1) is 0 Å². The van der Waals surface area contributed by atoms with Crippen molar-refractivity contribution in [2.75, 3.05) is 0 Å². The normalized spacial score (nSPS) is 10.3. The molecule has 0 aliphatic rings. The number of carboxylic acid groups (broad SMARTS) is 1. The predicted molar refractivity (Wildman–Crippen MR) is 63.0 cm³/mol. The van der Waals surface area contributed by atoms with Crippen molar-refractivity contribution in [3.8, 4) is 0 Å². The number of carboxylic acids is 1. The van der Waals surface area contributed by atoms with Crippen LogP contribution in [0.25, 0.3) is 0 Å². The number of rotatable bonds is 5. The van der Waals surface area contributed by atoms with E-state index in [2.05, 4.69) is 10.3 Å². The van der Waals surface area contributed by atoms with Gasteiger partial charge < -0.3 is 10.4 Å². The van der Waals surface area contributed by atoms with Crippen LogP contribution in [0.2, 0.25) is 0 Å². The van der Waals surface area contributed by atoms with Crippen LogP contribution in [0.4, 0.5) is 0 Å². The fourth-order valence-electron chi connectivity index (χ4n) is 1.41. The first-order valence-electron chi connectivity index (χ1n) is 5.58. The van der Waals surface area contributed by atoms with Crippen LogP contribution in [0.1, 0.15) is 47.5 Å². The zero-order valence-corrected chi connectivity index (χ0v) is 9.93. The van der Waals surface area contributed by atoms with Gasteiger partial charge in [0.05, 0.1) is 5.56 Å². The van der Waals surface area contributed by atoms with Gasteiger partial charge in [0.1, 0.15) is 5.69 Å². The minimum absolute atomic E-state index is 0.0732. The molecular weight excluding hydrogens is 220 g/mol. The number of amides is 1. The molecule has 0 aromatic carbocycles. The van der Waals surface area contributed by atoms with E-state index in [4.69, 9.17) is 5.11 Å². The van der Waals surface area contributed by atoms with Crippen LogP contribution in [-0.2, 0) is 0 Å². The van der Waals surface area contributed by atoms with Gasteiger partial charge in [0.25, 0.3) is 5.91 Å². The predicted octanol–water partition coefficient (Wildman–Crippen LogP) is 1.70. The van der Waals surface area contributed by atoms with Crippen molar-refractivity contribution >= 4 is 11.9 Å². The molecule has 1 rings (SSSR count). The average molecular weight is 236 g/mol. The summed E-state index contributed by atoms with van der Waals surface area (Å²) < 4.78 is 0. The molecule has 0 aliphatic carbocycles. The largest absolute Gasteiger partial charge is 0.478 e. The monoisotopic (exact) mass is 236 g/mol. The topological polar surface area (TPSA) is 79.3 Å². The Hall–Kier alpha value is -1.91. The summed E-state index contributed by atoms with van der Waals surface area (Å²) in [5.74, 6) is -1.32. The first-order chi connectivity index (χ1) is 8.08. The lowest BCUT2D eigenvalue weighted by atomic mass is 10.1. The summed E-state index contributed by atoms with van der Waals surface area (Å²) in [5.41, 5.74) is 0.311. The molecule has 2 N–H and O–H groups in total. The summed E-state index contributed by atoms with van der Waals surface area (Å²) in [6.45, 7) is 3.99. The molecule has 0 saturated heterocycles. The highest BCUT2D eigenvalue weighted by Gasteiger charge is 2.12. The number of nitrogens with one attached hydrogen (secondary N) is 1. The van der Waals surface area contributed by atoms with Crippen LogP contribution >= 0.6 is 0 Å². The van der Waals surface area contributed by atoms with Gasteiger partial charge in [-0.1, -0.05) is 13.8 Å². The fourth-order valence-corrected chi connectivity index (χ4v) is 1.41. The lowest BCUT2D eigenvalue weighted by Gasteiger charge is -2.14. The van der Waals surface area contributed by atoms with Crippen LogP contribution < -0.4 is 5.32 Å². The highest BCUT2D eigenvalue weighted by Crippen LogP contribution is 2.02. The number of carbonyl (C=O) groups is 2. The van der Waals surface area contributed by atoms with Crippen molar-refractivity contribution in [3.63, 3.8) is 0 Å². The quantitative estimate of drug-likeness (QED) is 0.815. The first kappa shape index (κ1) is 13.2. The molecule has 0 radical (unpaired) electrons. The SMILES string of the molecule is CCC(CC)NC(=O)c1ccc(C(=O)O)cn1. The highest BCUT2D eigenvalue weighted by molar-refractivity contribution is 5.93. The summed E-state index contributed by atoms with van der Waals surface area (Å²) in [6, 6.07) is 2.92. The third-order valence-electron chi connectivity index (χ3n) is 2.56. The first-order valence-corrected chi connectivity index (χ1v) is 5.58. The van der Waals surface area contributed by atoms with E-state index >= 15 is 0 Å². The molecule has 5 nitrogen and oxygen atoms in total. The van der Waals surface area contributed by atoms with E-state index in [1.54, 1.807) is 0 Å². The Labute approximate surface area is 99.9 Å². The van der Waals surface area contributed by atoms with Crippen LogP contribution in [-0.4, -0.2) is 28.0 Å². The van der Waals surface area contributed by atoms with E-state index in [1.807, 2.05) is 13.8 Å². The summed E-state index contributed by atoms with van der Waals surface area (Å²) in [4.78, 5) is 26.2. The highest BCUT2D eigenvalue weighted by atomic mass is 16.4. The Bertz CT molecular complexity index is 397. The molecule has 1 aromatic heterocycles. The van der Waals surface area contributed by atoms with Gasteiger partial charge in [0.2, 0.25) is 0 Å². The number of aromatic nitrogens is 1. The van der Waals surface area contributed by atoms with Gasteiger partial charge in [0, 0.05) is 12.2 Å². The lowest BCUT2D eigenvalue weighted by Crippen LogP contribution is -2.34. The minimum atomic E-state index is -1.05. The smallest absolute Gasteiger partial charge is 0.337 e. The standard InChI is InChI=1S/C12H16N2O3/c1-3-9(4-2)14-11(15)10-6-5-8(7-13-10)12(16)17/h5-7,9H,3-4H2,1-2H3,(H,14,15)(H,16,17). The van der Waals surface area contributed by atoms with Crippen LogP contribution in [0.15, 0.2) is 18.3 Å². The molecule has 17 heavy (non-hydrogen) atoms. The maximum atomic E-state index is 11.7. The summed E-state index contributed by atoms with van der Waals surface area (Å²) in [7, 11) is 0. The van der Waals surface area contributed by atoms with Gasteiger partial charge in [-0.3, -0.25) is 9.78 Å². The number of hydrogen-bond acceptors (Lipinski definition) is 3. The van der Waals surface area contributed by atoms with Gasteiger partial charge in [-0.25, -0.2) is 4.79 Å². The minimum Gasteiger partial charge on any atom is -0.478 e. The van der Waals surface area contributed by atoms with E-state index in [9.17, 15) is 9.59 Å². The van der Waals surface area contributed by atoms with E-state index < -0.39 is 5.97 Å². The molecule has 0 aliphatic heterocycles. The van der Waals surface area contributed by atoms with Crippen molar-refractivity contribution in [1.82, 2.24) is 10.3 Å². The molecule has 0 fully saturated rings. The van der Waals surface area contributed by atoms with Gasteiger partial charge >= 0.3 is 5.97 Å². The van der Waals surface area contributed by atoms with E-state index in [0.717, 1.165) is 12.8 Å². The Morgan fingerprint density at radius 1 is 1.35 bits per heavy atom. The molecule has 0 spiro atoms. The maximum absolute atomic E-state index is 11.7. The summed E-state index contributed by atoms with van der Waals surface area (Å²) in [6.07, 6.45) is 2.90. The molecule has 92 valence electrons. The maximum Gasteiger partial charge on any atom is 0.337 e. The van der Waals surface area contributed by atoms with Crippen molar-refractivity contribution in [1.29, 1.82) is 0 Å². The van der Waals surface area contributed by atoms with Gasteiger partial charge in [-0.15, -0.1) is 0 Å². The van der Waals surface area contributed by atoms with Crippen molar-refractivity contribution in [2.24, 2.45) is 0 Å². The zero-order chi connectivity index (χ0) is 12.8. The van der Waals surface area contributed by atoms with Gasteiger partial charge in [-0.05, 0) is 25.0 Å². The number of hydrogen-bond donors (Lipinski definition) is 2. The van der Waals surface area contributed by atoms with Crippen molar-refractivity contribution < 1.29 is 14.7 Å². The summed E-state index contributed by atoms with van der Waals surface area (Å²) >= 11 is 0. The van der Waals surface area contributed by atoms with E-state index in [0.29, 0.717) is 0 Å². The Balaban J connectivity index is 2.73. The van der Waals surface area contributed by atoms with Gasteiger partial charge in [-0.2, -0.15) is 0 Å². The number of pyridine rings is 1. The zero-order valence-electron chi connectivity index (χ0n) is 9.93. The third-order valence-corrected chi connectivity index (χ3v) is 2.56. The second kappa shape index (κ2) is 5.98. The van der Waals surface area contributed by atoms with Crippen molar-refractivity contribution in [3.05, 3.63) is 29.6 Å². The lowest BCUT2D eigenvalue weighted by molar-refractivity contribution is 0.0695. The molecule has 0 unspecified atom stereocenters. The van der Waals surface area contributed by atoms with Gasteiger partial charge in [0.15, 0.2) is 0 Å². The molecule has 0 atom stereocenters. The molecule has 1 aromatic rings.